The van der Waals surface area contributed by atoms with Crippen LogP contribution >= 0.6 is 0 Å². The van der Waals surface area contributed by atoms with Gasteiger partial charge in [0, 0.05) is 39.3 Å². The molecule has 2 heterocycles. The molecular formula is C25H27N7O2. The van der Waals surface area contributed by atoms with Crippen molar-refractivity contribution in [3.8, 4) is 22.6 Å². The second-order valence-electron chi connectivity index (χ2n) is 8.10. The van der Waals surface area contributed by atoms with Crippen molar-refractivity contribution >= 4 is 11.9 Å². The minimum Gasteiger partial charge on any atom is -0.410 e. The Morgan fingerprint density at radius 1 is 1.06 bits per heavy atom. The van der Waals surface area contributed by atoms with Gasteiger partial charge in [0.25, 0.3) is 0 Å². The molecule has 1 N–H and O–H groups in total. The number of aryl methyl sites for hydroxylation is 2. The zero-order chi connectivity index (χ0) is 24.1. The molecule has 0 saturated heterocycles. The third kappa shape index (κ3) is 5.37. The van der Waals surface area contributed by atoms with Gasteiger partial charge in [0.05, 0.1) is 5.69 Å². The molecule has 4 aromatic rings. The molecule has 0 fully saturated rings. The van der Waals surface area contributed by atoms with Crippen LogP contribution in [0.3, 0.4) is 0 Å². The van der Waals surface area contributed by atoms with Gasteiger partial charge >= 0.3 is 6.09 Å². The number of anilines is 1. The van der Waals surface area contributed by atoms with Crippen LogP contribution in [0.4, 0.5) is 10.6 Å². The Labute approximate surface area is 198 Å². The Bertz CT molecular complexity index is 1270. The Hall–Kier alpha value is -4.27. The molecule has 0 aliphatic rings. The summed E-state index contributed by atoms with van der Waals surface area (Å²) in [6, 6.07) is 17.5. The fourth-order valence-electron chi connectivity index (χ4n) is 3.41. The summed E-state index contributed by atoms with van der Waals surface area (Å²) in [6.07, 6.45) is 1.84. The van der Waals surface area contributed by atoms with E-state index in [9.17, 15) is 4.79 Å². The average molecular weight is 458 g/mol. The first-order chi connectivity index (χ1) is 16.4. The van der Waals surface area contributed by atoms with E-state index in [4.69, 9.17) is 4.74 Å². The first-order valence-electron chi connectivity index (χ1n) is 11.0. The molecule has 2 aromatic carbocycles. The molecule has 4 rings (SSSR count). The molecule has 1 amide bonds. The van der Waals surface area contributed by atoms with Gasteiger partial charge in [-0.15, -0.1) is 5.10 Å². The smallest absolute Gasteiger partial charge is 0.410 e. The van der Waals surface area contributed by atoms with Crippen LogP contribution in [0.1, 0.15) is 23.9 Å². The highest BCUT2D eigenvalue weighted by molar-refractivity contribution is 5.73. The number of nitrogens with zero attached hydrogens (tertiary/aromatic N) is 6. The molecule has 0 bridgehead atoms. The monoisotopic (exact) mass is 457 g/mol. The maximum atomic E-state index is 12.6. The van der Waals surface area contributed by atoms with Crippen LogP contribution in [-0.4, -0.2) is 45.4 Å². The van der Waals surface area contributed by atoms with Gasteiger partial charge in [-0.2, -0.15) is 4.68 Å². The Morgan fingerprint density at radius 3 is 2.53 bits per heavy atom. The molecular weight excluding hydrogens is 430 g/mol. The van der Waals surface area contributed by atoms with Crippen LogP contribution in [0, 0.1) is 6.92 Å². The van der Waals surface area contributed by atoms with Crippen molar-refractivity contribution in [2.75, 3.05) is 19.0 Å². The fraction of sp³-hybridized carbons (Fsp3) is 0.240. The number of amides is 1. The van der Waals surface area contributed by atoms with Crippen molar-refractivity contribution in [2.24, 2.45) is 0 Å². The van der Waals surface area contributed by atoms with Gasteiger partial charge in [-0.05, 0) is 52.2 Å². The number of aromatic nitrogens is 5. The molecule has 34 heavy (non-hydrogen) atoms. The molecule has 9 heteroatoms. The number of rotatable bonds is 7. The van der Waals surface area contributed by atoms with Crippen molar-refractivity contribution in [3.63, 3.8) is 0 Å². The number of nitrogens with one attached hydrogen (secondary N) is 1. The van der Waals surface area contributed by atoms with Gasteiger partial charge in [-0.3, -0.25) is 0 Å². The summed E-state index contributed by atoms with van der Waals surface area (Å²) in [4.78, 5) is 18.8. The third-order valence-corrected chi connectivity index (χ3v) is 5.29. The van der Waals surface area contributed by atoms with Crippen molar-refractivity contribution in [1.29, 1.82) is 0 Å². The van der Waals surface area contributed by atoms with Crippen molar-refractivity contribution in [1.82, 2.24) is 30.5 Å². The number of carbonyl (C=O) groups is 1. The van der Waals surface area contributed by atoms with E-state index in [-0.39, 0.29) is 0 Å². The Morgan fingerprint density at radius 2 is 1.85 bits per heavy atom. The summed E-state index contributed by atoms with van der Waals surface area (Å²) in [5.74, 6) is 1.95. The number of tetrazole rings is 1. The Kier molecular flexibility index (Phi) is 6.82. The summed E-state index contributed by atoms with van der Waals surface area (Å²) < 4.78 is 7.29. The van der Waals surface area contributed by atoms with Gasteiger partial charge in [0.2, 0.25) is 0 Å². The number of ether oxygens (including phenoxy) is 1. The highest BCUT2D eigenvalue weighted by Crippen LogP contribution is 2.28. The molecule has 0 aliphatic heterocycles. The summed E-state index contributed by atoms with van der Waals surface area (Å²) in [5, 5.41) is 14.7. The first kappa shape index (κ1) is 22.9. The van der Waals surface area contributed by atoms with E-state index in [1.165, 1.54) is 0 Å². The summed E-state index contributed by atoms with van der Waals surface area (Å²) >= 11 is 0. The molecule has 0 saturated carbocycles. The van der Waals surface area contributed by atoms with Gasteiger partial charge < -0.3 is 15.0 Å². The van der Waals surface area contributed by atoms with Gasteiger partial charge in [-0.25, -0.2) is 9.78 Å². The molecule has 0 aliphatic carbocycles. The summed E-state index contributed by atoms with van der Waals surface area (Å²) in [5.41, 5.74) is 4.64. The number of hydrogen-bond acceptors (Lipinski definition) is 7. The second-order valence-corrected chi connectivity index (χ2v) is 8.10. The quantitative estimate of drug-likeness (QED) is 0.449. The molecule has 0 atom stereocenters. The lowest BCUT2D eigenvalue weighted by atomic mass is 10.0. The highest BCUT2D eigenvalue weighted by Gasteiger charge is 2.13. The average Bonchev–Trinajstić information content (AvgIpc) is 3.32. The van der Waals surface area contributed by atoms with Gasteiger partial charge in [0.15, 0.2) is 5.82 Å². The van der Waals surface area contributed by atoms with Crippen LogP contribution < -0.4 is 15.0 Å². The van der Waals surface area contributed by atoms with Crippen LogP contribution in [-0.2, 0) is 13.0 Å². The van der Waals surface area contributed by atoms with E-state index < -0.39 is 6.09 Å². The minimum absolute atomic E-state index is 0.303. The van der Waals surface area contributed by atoms with Gasteiger partial charge in [-0.1, -0.05) is 42.8 Å². The topological polar surface area (TPSA) is 98.1 Å². The Balaban J connectivity index is 1.56. The van der Waals surface area contributed by atoms with E-state index in [2.05, 4.69) is 25.8 Å². The predicted molar refractivity (Wildman–Crippen MR) is 130 cm³/mol. The van der Waals surface area contributed by atoms with E-state index in [0.717, 1.165) is 28.1 Å². The van der Waals surface area contributed by atoms with Gasteiger partial charge in [0.1, 0.15) is 11.6 Å². The SMILES string of the molecule is CCc1nnnn1-c1cc(OC(=O)NCc2ccc(N(C)C)nc2)cc(-c2ccc(C)cc2)c1. The fourth-order valence-corrected chi connectivity index (χ4v) is 3.41. The number of carbonyl (C=O) groups excluding carboxylic acids is 1. The lowest BCUT2D eigenvalue weighted by Gasteiger charge is -2.13. The number of pyridine rings is 1. The molecule has 0 unspecified atom stereocenters. The standard InChI is InChI=1S/C25H27N7O2/c1-5-23-28-29-30-32(23)21-12-20(19-9-6-17(2)7-10-19)13-22(14-21)34-25(33)27-16-18-8-11-24(26-15-18)31(3)4/h6-15H,5,16H2,1-4H3,(H,27,33). The van der Waals surface area contributed by atoms with Crippen molar-refractivity contribution in [3.05, 3.63) is 77.7 Å². The molecule has 9 nitrogen and oxygen atoms in total. The van der Waals surface area contributed by atoms with E-state index in [0.29, 0.717) is 30.2 Å². The zero-order valence-corrected chi connectivity index (χ0v) is 19.7. The maximum Gasteiger partial charge on any atom is 0.412 e. The maximum absolute atomic E-state index is 12.6. The van der Waals surface area contributed by atoms with Crippen LogP contribution in [0.2, 0.25) is 0 Å². The second kappa shape index (κ2) is 10.1. The van der Waals surface area contributed by atoms with Crippen LogP contribution in [0.15, 0.2) is 60.8 Å². The lowest BCUT2D eigenvalue weighted by Crippen LogP contribution is -2.26. The minimum atomic E-state index is -0.559. The molecule has 2 aromatic heterocycles. The summed E-state index contributed by atoms with van der Waals surface area (Å²) in [7, 11) is 3.85. The van der Waals surface area contributed by atoms with Crippen LogP contribution in [0.25, 0.3) is 16.8 Å². The lowest BCUT2D eigenvalue weighted by molar-refractivity contribution is 0.200. The number of benzene rings is 2. The summed E-state index contributed by atoms with van der Waals surface area (Å²) in [6.45, 7) is 4.32. The highest BCUT2D eigenvalue weighted by atomic mass is 16.6. The molecule has 0 spiro atoms. The normalized spacial score (nSPS) is 10.7. The first-order valence-corrected chi connectivity index (χ1v) is 11.0. The zero-order valence-electron chi connectivity index (χ0n) is 19.7. The number of hydrogen-bond donors (Lipinski definition) is 1. The van der Waals surface area contributed by atoms with E-state index in [1.807, 2.05) is 81.4 Å². The van der Waals surface area contributed by atoms with Crippen molar-refractivity contribution in [2.45, 2.75) is 26.8 Å². The van der Waals surface area contributed by atoms with Crippen molar-refractivity contribution < 1.29 is 9.53 Å². The molecule has 174 valence electrons. The predicted octanol–water partition coefficient (Wildman–Crippen LogP) is 3.95. The van der Waals surface area contributed by atoms with E-state index >= 15 is 0 Å². The molecule has 0 radical (unpaired) electrons. The largest absolute Gasteiger partial charge is 0.412 e. The van der Waals surface area contributed by atoms with E-state index in [1.54, 1.807) is 16.9 Å². The third-order valence-electron chi connectivity index (χ3n) is 5.29. The van der Waals surface area contributed by atoms with Crippen LogP contribution in [0.5, 0.6) is 5.75 Å².